The summed E-state index contributed by atoms with van der Waals surface area (Å²) in [5, 5.41) is 19.0. The van der Waals surface area contributed by atoms with Crippen molar-refractivity contribution in [2.24, 2.45) is 0 Å². The summed E-state index contributed by atoms with van der Waals surface area (Å²) in [6.45, 7) is 1.29. The molecule has 8 nitrogen and oxygen atoms in total. The number of piperidine rings is 2. The number of nitrogens with one attached hydrogen (secondary N) is 1. The van der Waals surface area contributed by atoms with E-state index in [4.69, 9.17) is 9.84 Å². The van der Waals surface area contributed by atoms with Crippen LogP contribution in [0.3, 0.4) is 0 Å². The van der Waals surface area contributed by atoms with E-state index in [2.05, 4.69) is 22.2 Å². The van der Waals surface area contributed by atoms with Gasteiger partial charge in [-0.05, 0) is 56.5 Å². The second-order valence-electron chi connectivity index (χ2n) is 9.59. The molecule has 3 aromatic rings. The lowest BCUT2D eigenvalue weighted by atomic mass is 9.82. The highest BCUT2D eigenvalue weighted by molar-refractivity contribution is 6.02. The molecule has 2 N–H and O–H groups in total. The molecule has 2 aliphatic heterocycles. The second kappa shape index (κ2) is 9.72. The van der Waals surface area contributed by atoms with Crippen LogP contribution < -0.4 is 10.1 Å². The molecule has 0 saturated carbocycles. The van der Waals surface area contributed by atoms with Crippen molar-refractivity contribution in [3.8, 4) is 5.75 Å². The molecule has 5 rings (SSSR count). The van der Waals surface area contributed by atoms with Gasteiger partial charge in [-0.15, -0.1) is 0 Å². The molecule has 2 atom stereocenters. The Balaban J connectivity index is 1.35. The Morgan fingerprint density at radius 3 is 2.59 bits per heavy atom. The van der Waals surface area contributed by atoms with Gasteiger partial charge in [0.1, 0.15) is 5.75 Å². The minimum absolute atomic E-state index is 0.259. The van der Waals surface area contributed by atoms with E-state index >= 15 is 0 Å². The van der Waals surface area contributed by atoms with Gasteiger partial charge in [-0.3, -0.25) is 0 Å². The molecular formula is C26H33N5O3. The zero-order chi connectivity index (χ0) is 23.7. The lowest BCUT2D eigenvalue weighted by Crippen LogP contribution is -2.54. The first-order valence-electron chi connectivity index (χ1n) is 12.2. The van der Waals surface area contributed by atoms with Crippen LogP contribution in [0.25, 0.3) is 11.0 Å². The van der Waals surface area contributed by atoms with E-state index in [1.165, 1.54) is 32.1 Å². The SMILES string of the molecule is COc1ccc(Cn2nc(CCNC3CC4CCCC(C3)N4C)c3c(C(=O)O)ccnc32)cc1. The van der Waals surface area contributed by atoms with Crippen LogP contribution in [-0.4, -0.2) is 69.6 Å². The standard InChI is InChI=1S/C26H33N5O3/c1-30-19-4-3-5-20(30)15-18(14-19)27-13-11-23-24-22(26(32)33)10-12-28-25(24)31(29-23)16-17-6-8-21(34-2)9-7-17/h6-10,12,18-20,27H,3-5,11,13-16H2,1-2H3,(H,32,33). The fraction of sp³-hybridized carbons (Fsp3) is 0.500. The molecule has 0 spiro atoms. The number of rotatable bonds is 8. The maximum atomic E-state index is 12.0. The van der Waals surface area contributed by atoms with Crippen molar-refractivity contribution in [2.75, 3.05) is 20.7 Å². The number of ether oxygens (including phenoxy) is 1. The molecule has 2 fully saturated rings. The first-order valence-corrected chi connectivity index (χ1v) is 12.2. The third kappa shape index (κ3) is 4.52. The van der Waals surface area contributed by atoms with Crippen LogP contribution in [0.15, 0.2) is 36.5 Å². The molecule has 0 aliphatic carbocycles. The lowest BCUT2D eigenvalue weighted by molar-refractivity contribution is 0.0488. The van der Waals surface area contributed by atoms with Crippen LogP contribution >= 0.6 is 0 Å². The van der Waals surface area contributed by atoms with Crippen molar-refractivity contribution >= 4 is 17.0 Å². The van der Waals surface area contributed by atoms with Crippen LogP contribution in [0.4, 0.5) is 0 Å². The number of hydrogen-bond acceptors (Lipinski definition) is 6. The molecule has 180 valence electrons. The van der Waals surface area contributed by atoms with E-state index in [-0.39, 0.29) is 5.56 Å². The normalized spacial score (nSPS) is 22.7. The van der Waals surface area contributed by atoms with Crippen molar-refractivity contribution in [3.05, 3.63) is 53.3 Å². The van der Waals surface area contributed by atoms with Gasteiger partial charge < -0.3 is 20.1 Å². The third-order valence-corrected chi connectivity index (χ3v) is 7.56. The van der Waals surface area contributed by atoms with Gasteiger partial charge in [0.15, 0.2) is 5.65 Å². The van der Waals surface area contributed by atoms with Crippen LogP contribution in [0, 0.1) is 0 Å². The number of methoxy groups -OCH3 is 1. The van der Waals surface area contributed by atoms with Gasteiger partial charge in [0.05, 0.1) is 30.3 Å². The minimum Gasteiger partial charge on any atom is -0.497 e. The summed E-state index contributed by atoms with van der Waals surface area (Å²) in [6, 6.07) is 11.2. The van der Waals surface area contributed by atoms with Gasteiger partial charge >= 0.3 is 5.97 Å². The van der Waals surface area contributed by atoms with E-state index in [1.54, 1.807) is 19.4 Å². The Kier molecular flexibility index (Phi) is 6.52. The quantitative estimate of drug-likeness (QED) is 0.529. The summed E-state index contributed by atoms with van der Waals surface area (Å²) < 4.78 is 7.07. The Labute approximate surface area is 199 Å². The van der Waals surface area contributed by atoms with E-state index in [9.17, 15) is 9.90 Å². The zero-order valence-corrected chi connectivity index (χ0v) is 19.9. The summed E-state index contributed by atoms with van der Waals surface area (Å²) >= 11 is 0. The molecule has 2 aromatic heterocycles. The number of carboxylic acid groups (broad SMARTS) is 1. The highest BCUT2D eigenvalue weighted by atomic mass is 16.5. The van der Waals surface area contributed by atoms with Gasteiger partial charge in [-0.1, -0.05) is 18.6 Å². The monoisotopic (exact) mass is 463 g/mol. The molecule has 1 aromatic carbocycles. The van der Waals surface area contributed by atoms with Gasteiger partial charge in [0, 0.05) is 37.3 Å². The average molecular weight is 464 g/mol. The van der Waals surface area contributed by atoms with Gasteiger partial charge in [0.25, 0.3) is 0 Å². The van der Waals surface area contributed by atoms with Gasteiger partial charge in [-0.2, -0.15) is 5.10 Å². The molecule has 2 saturated heterocycles. The molecule has 34 heavy (non-hydrogen) atoms. The van der Waals surface area contributed by atoms with Gasteiger partial charge in [-0.25, -0.2) is 14.5 Å². The number of aromatic carboxylic acids is 1. The van der Waals surface area contributed by atoms with Crippen LogP contribution in [0.5, 0.6) is 5.75 Å². The molecule has 8 heteroatoms. The Hall–Kier alpha value is -2.97. The molecule has 2 bridgehead atoms. The highest BCUT2D eigenvalue weighted by Crippen LogP contribution is 2.32. The summed E-state index contributed by atoms with van der Waals surface area (Å²) in [6.07, 6.45) is 8.51. The predicted octanol–water partition coefficient (Wildman–Crippen LogP) is 3.33. The maximum absolute atomic E-state index is 12.0. The number of nitrogens with zero attached hydrogens (tertiary/aromatic N) is 4. The molecule has 2 unspecified atom stereocenters. The summed E-state index contributed by atoms with van der Waals surface area (Å²) in [5.41, 5.74) is 2.71. The van der Waals surface area contributed by atoms with E-state index < -0.39 is 5.97 Å². The number of fused-ring (bicyclic) bond motifs is 3. The molecule has 2 aliphatic rings. The molecule has 0 radical (unpaired) electrons. The number of hydrogen-bond donors (Lipinski definition) is 2. The number of aromatic nitrogens is 3. The molecule has 4 heterocycles. The summed E-state index contributed by atoms with van der Waals surface area (Å²) in [5.74, 6) is -0.154. The Morgan fingerprint density at radius 1 is 1.18 bits per heavy atom. The van der Waals surface area contributed by atoms with Crippen molar-refractivity contribution in [2.45, 2.75) is 63.2 Å². The number of pyridine rings is 1. The lowest BCUT2D eigenvalue weighted by Gasteiger charge is -2.47. The predicted molar refractivity (Wildman–Crippen MR) is 131 cm³/mol. The first-order chi connectivity index (χ1) is 16.5. The van der Waals surface area contributed by atoms with Crippen LogP contribution in [0.1, 0.15) is 53.7 Å². The highest BCUT2D eigenvalue weighted by Gasteiger charge is 2.35. The second-order valence-corrected chi connectivity index (χ2v) is 9.59. The van der Waals surface area contributed by atoms with E-state index in [0.29, 0.717) is 42.1 Å². The number of carboxylic acids is 1. The van der Waals surface area contributed by atoms with Gasteiger partial charge in [0.2, 0.25) is 0 Å². The van der Waals surface area contributed by atoms with Crippen molar-refractivity contribution in [1.29, 1.82) is 0 Å². The van der Waals surface area contributed by atoms with Crippen LogP contribution in [0.2, 0.25) is 0 Å². The topological polar surface area (TPSA) is 92.5 Å². The van der Waals surface area contributed by atoms with Crippen molar-refractivity contribution in [3.63, 3.8) is 0 Å². The van der Waals surface area contributed by atoms with Crippen molar-refractivity contribution in [1.82, 2.24) is 25.0 Å². The fourth-order valence-corrected chi connectivity index (χ4v) is 5.72. The first kappa shape index (κ1) is 22.8. The van der Waals surface area contributed by atoms with E-state index in [1.807, 2.05) is 28.9 Å². The third-order valence-electron chi connectivity index (χ3n) is 7.56. The fourth-order valence-electron chi connectivity index (χ4n) is 5.72. The zero-order valence-electron chi connectivity index (χ0n) is 19.9. The average Bonchev–Trinajstić information content (AvgIpc) is 3.17. The smallest absolute Gasteiger partial charge is 0.336 e. The largest absolute Gasteiger partial charge is 0.497 e. The summed E-state index contributed by atoms with van der Waals surface area (Å²) in [7, 11) is 3.92. The Bertz CT molecular complexity index is 1150. The Morgan fingerprint density at radius 2 is 1.91 bits per heavy atom. The molecular weight excluding hydrogens is 430 g/mol. The maximum Gasteiger partial charge on any atom is 0.336 e. The molecule has 0 amide bonds. The summed E-state index contributed by atoms with van der Waals surface area (Å²) in [4.78, 5) is 19.0. The van der Waals surface area contributed by atoms with E-state index in [0.717, 1.165) is 23.6 Å². The number of carbonyl (C=O) groups is 1. The minimum atomic E-state index is -0.950. The van der Waals surface area contributed by atoms with Crippen LogP contribution in [-0.2, 0) is 13.0 Å². The number of benzene rings is 1. The van der Waals surface area contributed by atoms with Crippen molar-refractivity contribution < 1.29 is 14.6 Å².